The van der Waals surface area contributed by atoms with Crippen molar-refractivity contribution in [3.8, 4) is 0 Å². The van der Waals surface area contributed by atoms with Gasteiger partial charge in [-0.05, 0) is 65.8 Å². The predicted octanol–water partition coefficient (Wildman–Crippen LogP) is 4.98. The lowest BCUT2D eigenvalue weighted by Crippen LogP contribution is -2.43. The van der Waals surface area contributed by atoms with Gasteiger partial charge in [0.2, 0.25) is 0 Å². The van der Waals surface area contributed by atoms with Crippen molar-refractivity contribution in [1.29, 1.82) is 0 Å². The fourth-order valence-electron chi connectivity index (χ4n) is 4.78. The highest BCUT2D eigenvalue weighted by atomic mass is 16.7. The molecule has 0 radical (unpaired) electrons. The van der Waals surface area contributed by atoms with Crippen LogP contribution in [0.5, 0.6) is 0 Å². The Morgan fingerprint density at radius 1 is 1.07 bits per heavy atom. The first-order valence-corrected chi connectivity index (χ1v) is 10.1. The number of hydrogen-bond donors (Lipinski definition) is 1. The summed E-state index contributed by atoms with van der Waals surface area (Å²) in [5.41, 5.74) is 6.14. The van der Waals surface area contributed by atoms with Crippen molar-refractivity contribution in [3.63, 3.8) is 0 Å². The summed E-state index contributed by atoms with van der Waals surface area (Å²) in [5.74, 6) is -0.793. The van der Waals surface area contributed by atoms with Crippen molar-refractivity contribution < 1.29 is 14.6 Å². The van der Waals surface area contributed by atoms with E-state index in [9.17, 15) is 5.11 Å². The predicted molar refractivity (Wildman–Crippen MR) is 110 cm³/mol. The maximum atomic E-state index is 10.3. The molecule has 1 fully saturated rings. The minimum Gasteiger partial charge on any atom is -0.393 e. The molecule has 0 amide bonds. The molecule has 2 heterocycles. The molecule has 5 rings (SSSR count). The molecule has 1 saturated heterocycles. The summed E-state index contributed by atoms with van der Waals surface area (Å²) >= 11 is 0. The van der Waals surface area contributed by atoms with Crippen molar-refractivity contribution in [3.05, 3.63) is 82.4 Å². The van der Waals surface area contributed by atoms with Crippen LogP contribution in [0.4, 0.5) is 0 Å². The molecule has 144 valence electrons. The van der Waals surface area contributed by atoms with E-state index in [-0.39, 0.29) is 12.2 Å². The highest BCUT2D eigenvalue weighted by Gasteiger charge is 2.47. The summed E-state index contributed by atoms with van der Waals surface area (Å²) < 4.78 is 12.4. The van der Waals surface area contributed by atoms with E-state index in [2.05, 4.69) is 61.5 Å². The quantitative estimate of drug-likeness (QED) is 0.687. The van der Waals surface area contributed by atoms with Gasteiger partial charge in [0.25, 0.3) is 0 Å². The normalized spacial score (nSPS) is 26.7. The molecule has 1 N–H and O–H groups in total. The standard InChI is InChI=1S/C25H26O3/c1-16-9-22-15-27-25(14-23(26)10-17(2)28-25)24(22)13-21(16)12-18-7-8-19-5-3-4-6-20(19)11-18/h3-9,11,13,17,23,26H,10,12,14-15H2,1-2H3/t17?,23?,25-/m1/s1. The Morgan fingerprint density at radius 2 is 1.89 bits per heavy atom. The van der Waals surface area contributed by atoms with Crippen LogP contribution < -0.4 is 0 Å². The van der Waals surface area contributed by atoms with Crippen molar-refractivity contribution >= 4 is 10.8 Å². The number of ether oxygens (including phenoxy) is 2. The molecule has 0 aromatic heterocycles. The van der Waals surface area contributed by atoms with Gasteiger partial charge in [0.15, 0.2) is 5.79 Å². The molecule has 3 nitrogen and oxygen atoms in total. The van der Waals surface area contributed by atoms with E-state index in [1.54, 1.807) is 0 Å². The molecule has 0 saturated carbocycles. The second-order valence-corrected chi connectivity index (χ2v) is 8.36. The third kappa shape index (κ3) is 3.04. The molecule has 3 heteroatoms. The Hall–Kier alpha value is -2.20. The van der Waals surface area contributed by atoms with Crippen LogP contribution in [-0.2, 0) is 28.3 Å². The Kier molecular flexibility index (Phi) is 4.27. The number of rotatable bonds is 2. The molecule has 1 spiro atoms. The fraction of sp³-hybridized carbons (Fsp3) is 0.360. The Balaban J connectivity index is 1.52. The molecule has 3 atom stereocenters. The van der Waals surface area contributed by atoms with Gasteiger partial charge in [-0.25, -0.2) is 0 Å². The molecule has 2 aliphatic heterocycles. The monoisotopic (exact) mass is 374 g/mol. The summed E-state index contributed by atoms with van der Waals surface area (Å²) in [7, 11) is 0. The van der Waals surface area contributed by atoms with Gasteiger partial charge in [-0.1, -0.05) is 48.5 Å². The topological polar surface area (TPSA) is 38.7 Å². The largest absolute Gasteiger partial charge is 0.393 e. The molecule has 3 aromatic rings. The zero-order valence-electron chi connectivity index (χ0n) is 16.4. The van der Waals surface area contributed by atoms with Crippen LogP contribution in [-0.4, -0.2) is 17.3 Å². The van der Waals surface area contributed by atoms with Gasteiger partial charge < -0.3 is 14.6 Å². The van der Waals surface area contributed by atoms with Crippen molar-refractivity contribution in [2.45, 2.75) is 57.7 Å². The van der Waals surface area contributed by atoms with Crippen LogP contribution >= 0.6 is 0 Å². The summed E-state index contributed by atoms with van der Waals surface area (Å²) in [6.07, 6.45) is 1.64. The average molecular weight is 374 g/mol. The van der Waals surface area contributed by atoms with E-state index >= 15 is 0 Å². The summed E-state index contributed by atoms with van der Waals surface area (Å²) in [6.45, 7) is 4.72. The molecule has 0 bridgehead atoms. The lowest BCUT2D eigenvalue weighted by Gasteiger charge is -2.39. The molecule has 2 unspecified atom stereocenters. The highest BCUT2D eigenvalue weighted by Crippen LogP contribution is 2.46. The lowest BCUT2D eigenvalue weighted by molar-refractivity contribution is -0.295. The number of hydrogen-bond acceptors (Lipinski definition) is 3. The van der Waals surface area contributed by atoms with E-state index in [1.165, 1.54) is 33.0 Å². The number of aliphatic hydroxyl groups excluding tert-OH is 1. The summed E-state index contributed by atoms with van der Waals surface area (Å²) in [4.78, 5) is 0. The third-order valence-corrected chi connectivity index (χ3v) is 6.14. The van der Waals surface area contributed by atoms with Crippen molar-refractivity contribution in [1.82, 2.24) is 0 Å². The van der Waals surface area contributed by atoms with E-state index in [0.717, 1.165) is 12.0 Å². The van der Waals surface area contributed by atoms with Gasteiger partial charge >= 0.3 is 0 Å². The zero-order valence-corrected chi connectivity index (χ0v) is 16.4. The highest BCUT2D eigenvalue weighted by molar-refractivity contribution is 5.83. The zero-order chi connectivity index (χ0) is 19.3. The van der Waals surface area contributed by atoms with Crippen molar-refractivity contribution in [2.24, 2.45) is 0 Å². The van der Waals surface area contributed by atoms with Crippen molar-refractivity contribution in [2.75, 3.05) is 0 Å². The molecule has 3 aromatic carbocycles. The van der Waals surface area contributed by atoms with Gasteiger partial charge in [-0.3, -0.25) is 0 Å². The summed E-state index contributed by atoms with van der Waals surface area (Å²) in [6, 6.07) is 19.6. The third-order valence-electron chi connectivity index (χ3n) is 6.14. The second-order valence-electron chi connectivity index (χ2n) is 8.36. The number of aryl methyl sites for hydroxylation is 1. The van der Waals surface area contributed by atoms with Gasteiger partial charge in [0.1, 0.15) is 0 Å². The van der Waals surface area contributed by atoms with Crippen LogP contribution in [0.15, 0.2) is 54.6 Å². The molecular formula is C25H26O3. The van der Waals surface area contributed by atoms with Crippen LogP contribution in [0.3, 0.4) is 0 Å². The number of benzene rings is 3. The molecule has 0 aliphatic carbocycles. The van der Waals surface area contributed by atoms with Crippen LogP contribution in [0.2, 0.25) is 0 Å². The first-order chi connectivity index (χ1) is 13.5. The van der Waals surface area contributed by atoms with Gasteiger partial charge in [0, 0.05) is 12.0 Å². The van der Waals surface area contributed by atoms with Crippen LogP contribution in [0, 0.1) is 6.92 Å². The molecule has 28 heavy (non-hydrogen) atoms. The molecule has 2 aliphatic rings. The minimum absolute atomic E-state index is 0.0139. The van der Waals surface area contributed by atoms with E-state index in [4.69, 9.17) is 9.47 Å². The first kappa shape index (κ1) is 17.9. The minimum atomic E-state index is -0.793. The Labute approximate surface area is 165 Å². The molecular weight excluding hydrogens is 348 g/mol. The average Bonchev–Trinajstić information content (AvgIpc) is 2.97. The van der Waals surface area contributed by atoms with E-state index in [1.807, 2.05) is 6.92 Å². The second kappa shape index (κ2) is 6.70. The maximum Gasteiger partial charge on any atom is 0.198 e. The Bertz CT molecular complexity index is 1030. The SMILES string of the molecule is Cc1cc2c(cc1Cc1ccc3ccccc3c1)[C@]1(CC(O)CC(C)O1)OC2. The lowest BCUT2D eigenvalue weighted by atomic mass is 9.88. The maximum absolute atomic E-state index is 10.3. The van der Waals surface area contributed by atoms with Crippen LogP contribution in [0.25, 0.3) is 10.8 Å². The summed E-state index contributed by atoms with van der Waals surface area (Å²) in [5, 5.41) is 12.9. The smallest absolute Gasteiger partial charge is 0.198 e. The van der Waals surface area contributed by atoms with E-state index < -0.39 is 5.79 Å². The van der Waals surface area contributed by atoms with Gasteiger partial charge in [-0.15, -0.1) is 0 Å². The number of fused-ring (bicyclic) bond motifs is 3. The van der Waals surface area contributed by atoms with Gasteiger partial charge in [0.05, 0.1) is 18.8 Å². The van der Waals surface area contributed by atoms with Crippen LogP contribution in [0.1, 0.15) is 47.6 Å². The fourth-order valence-corrected chi connectivity index (χ4v) is 4.78. The first-order valence-electron chi connectivity index (χ1n) is 10.1. The number of aliphatic hydroxyl groups is 1. The van der Waals surface area contributed by atoms with E-state index in [0.29, 0.717) is 19.4 Å². The Morgan fingerprint density at radius 3 is 2.71 bits per heavy atom. The van der Waals surface area contributed by atoms with Gasteiger partial charge in [-0.2, -0.15) is 0 Å².